The summed E-state index contributed by atoms with van der Waals surface area (Å²) >= 11 is 0. The van der Waals surface area contributed by atoms with Crippen molar-refractivity contribution in [3.8, 4) is 11.5 Å². The molecular weight excluding hydrogens is 384 g/mol. The summed E-state index contributed by atoms with van der Waals surface area (Å²) in [7, 11) is 3.04. The number of anilines is 1. The Morgan fingerprint density at radius 1 is 1.07 bits per heavy atom. The average Bonchev–Trinajstić information content (AvgIpc) is 2.78. The molecule has 2 aromatic carbocycles. The van der Waals surface area contributed by atoms with E-state index < -0.39 is 0 Å². The van der Waals surface area contributed by atoms with Gasteiger partial charge in [-0.3, -0.25) is 9.59 Å². The van der Waals surface area contributed by atoms with Gasteiger partial charge in [-0.25, -0.2) is 0 Å². The zero-order chi connectivity index (χ0) is 21.1. The minimum absolute atomic E-state index is 0.0626. The quantitative estimate of drug-likeness (QED) is 0.623. The molecule has 158 valence electrons. The number of fused-ring (bicyclic) bond motifs is 2. The van der Waals surface area contributed by atoms with Gasteiger partial charge in [0.1, 0.15) is 28.1 Å². The maximum atomic E-state index is 13.1. The monoisotopic (exact) mass is 410 g/mol. The van der Waals surface area contributed by atoms with Gasteiger partial charge < -0.3 is 24.1 Å². The normalized spacial score (nSPS) is 14.7. The molecule has 0 radical (unpaired) electrons. The van der Waals surface area contributed by atoms with E-state index in [0.717, 1.165) is 19.6 Å². The first kappa shape index (κ1) is 20.2. The topological polar surface area (TPSA) is 81.0 Å². The molecule has 7 heteroatoms. The molecule has 30 heavy (non-hydrogen) atoms. The third-order valence-corrected chi connectivity index (χ3v) is 5.55. The maximum Gasteiger partial charge on any atom is 0.225 e. The number of piperidine rings is 1. The molecule has 1 fully saturated rings. The van der Waals surface area contributed by atoms with E-state index in [4.69, 9.17) is 13.9 Å². The van der Waals surface area contributed by atoms with E-state index in [2.05, 4.69) is 10.2 Å². The van der Waals surface area contributed by atoms with Crippen LogP contribution in [0.5, 0.6) is 11.5 Å². The third-order valence-electron chi connectivity index (χ3n) is 5.55. The van der Waals surface area contributed by atoms with Crippen LogP contribution in [0.2, 0.25) is 0 Å². The summed E-state index contributed by atoms with van der Waals surface area (Å²) in [4.78, 5) is 27.8. The van der Waals surface area contributed by atoms with Gasteiger partial charge in [-0.1, -0.05) is 6.42 Å². The number of hydrogen-bond donors (Lipinski definition) is 1. The summed E-state index contributed by atoms with van der Waals surface area (Å²) in [6.07, 6.45) is 4.10. The fourth-order valence-corrected chi connectivity index (χ4v) is 3.94. The number of likely N-dealkylation sites (tertiary alicyclic amines) is 1. The van der Waals surface area contributed by atoms with Crippen molar-refractivity contribution in [1.29, 1.82) is 0 Å². The highest BCUT2D eigenvalue weighted by Crippen LogP contribution is 2.31. The van der Waals surface area contributed by atoms with Crippen LogP contribution in [0.15, 0.2) is 39.5 Å². The maximum absolute atomic E-state index is 13.1. The highest BCUT2D eigenvalue weighted by atomic mass is 16.5. The highest BCUT2D eigenvalue weighted by molar-refractivity contribution is 5.97. The van der Waals surface area contributed by atoms with Crippen LogP contribution in [-0.2, 0) is 4.79 Å². The van der Waals surface area contributed by atoms with Crippen molar-refractivity contribution in [2.24, 2.45) is 0 Å². The Bertz CT molecular complexity index is 1130. The fourth-order valence-electron chi connectivity index (χ4n) is 3.94. The fraction of sp³-hybridized carbons (Fsp3) is 0.391. The second kappa shape index (κ2) is 8.75. The van der Waals surface area contributed by atoms with Gasteiger partial charge in [0.15, 0.2) is 0 Å². The van der Waals surface area contributed by atoms with Gasteiger partial charge >= 0.3 is 0 Å². The molecule has 1 saturated heterocycles. The number of methoxy groups -OCH3 is 2. The zero-order valence-corrected chi connectivity index (χ0v) is 17.3. The Morgan fingerprint density at radius 2 is 1.87 bits per heavy atom. The predicted molar refractivity (Wildman–Crippen MR) is 117 cm³/mol. The molecule has 1 aliphatic heterocycles. The van der Waals surface area contributed by atoms with Crippen LogP contribution in [0, 0.1) is 0 Å². The average molecular weight is 410 g/mol. The molecule has 2 heterocycles. The van der Waals surface area contributed by atoms with Crippen molar-refractivity contribution in [2.75, 3.05) is 39.2 Å². The largest absolute Gasteiger partial charge is 0.496 e. The highest BCUT2D eigenvalue weighted by Gasteiger charge is 2.16. The lowest BCUT2D eigenvalue weighted by Crippen LogP contribution is -2.32. The van der Waals surface area contributed by atoms with Gasteiger partial charge in [-0.15, -0.1) is 0 Å². The third kappa shape index (κ3) is 4.11. The summed E-state index contributed by atoms with van der Waals surface area (Å²) < 4.78 is 16.5. The minimum Gasteiger partial charge on any atom is -0.496 e. The lowest BCUT2D eigenvalue weighted by Gasteiger charge is -2.25. The summed E-state index contributed by atoms with van der Waals surface area (Å²) in [5, 5.41) is 3.63. The number of ether oxygens (including phenoxy) is 2. The van der Waals surface area contributed by atoms with Crippen molar-refractivity contribution < 1.29 is 18.7 Å². The number of benzene rings is 2. The molecule has 0 unspecified atom stereocenters. The van der Waals surface area contributed by atoms with E-state index >= 15 is 0 Å². The van der Waals surface area contributed by atoms with Gasteiger partial charge in [-0.05, 0) is 44.1 Å². The molecule has 1 N–H and O–H groups in total. The van der Waals surface area contributed by atoms with E-state index in [1.54, 1.807) is 37.4 Å². The van der Waals surface area contributed by atoms with Crippen LogP contribution < -0.4 is 20.2 Å². The van der Waals surface area contributed by atoms with Gasteiger partial charge in [-0.2, -0.15) is 0 Å². The molecular formula is C23H26N2O5. The molecule has 0 saturated carbocycles. The van der Waals surface area contributed by atoms with Crippen molar-refractivity contribution in [1.82, 2.24) is 4.90 Å². The number of nitrogens with zero attached hydrogens (tertiary/aromatic N) is 1. The Kier molecular flexibility index (Phi) is 5.90. The van der Waals surface area contributed by atoms with Crippen LogP contribution in [0.25, 0.3) is 21.9 Å². The van der Waals surface area contributed by atoms with Gasteiger partial charge in [0.05, 0.1) is 19.6 Å². The molecule has 1 aliphatic rings. The predicted octanol–water partition coefficient (Wildman–Crippen LogP) is 3.78. The second-order valence-corrected chi connectivity index (χ2v) is 7.55. The lowest BCUT2D eigenvalue weighted by atomic mass is 10.1. The van der Waals surface area contributed by atoms with E-state index in [-0.39, 0.29) is 11.3 Å². The van der Waals surface area contributed by atoms with E-state index in [0.29, 0.717) is 45.5 Å². The summed E-state index contributed by atoms with van der Waals surface area (Å²) in [6, 6.07) is 8.41. The Hall–Kier alpha value is -3.06. The van der Waals surface area contributed by atoms with Crippen LogP contribution in [0.4, 0.5) is 5.69 Å². The van der Waals surface area contributed by atoms with Crippen LogP contribution >= 0.6 is 0 Å². The second-order valence-electron chi connectivity index (χ2n) is 7.55. The molecule has 4 rings (SSSR count). The van der Waals surface area contributed by atoms with Crippen LogP contribution in [0.1, 0.15) is 25.7 Å². The summed E-state index contributed by atoms with van der Waals surface area (Å²) in [5.41, 5.74) is 1.19. The Labute approximate surface area is 174 Å². The molecule has 0 spiro atoms. The Balaban J connectivity index is 1.60. The molecule has 0 bridgehead atoms. The van der Waals surface area contributed by atoms with Gasteiger partial charge in [0.25, 0.3) is 0 Å². The number of carbonyl (C=O) groups is 1. The first-order valence-electron chi connectivity index (χ1n) is 10.2. The zero-order valence-electron chi connectivity index (χ0n) is 17.3. The van der Waals surface area contributed by atoms with Crippen molar-refractivity contribution in [2.45, 2.75) is 25.7 Å². The van der Waals surface area contributed by atoms with Gasteiger partial charge in [0.2, 0.25) is 11.3 Å². The summed E-state index contributed by atoms with van der Waals surface area (Å²) in [6.45, 7) is 2.87. The summed E-state index contributed by atoms with van der Waals surface area (Å²) in [5.74, 6) is 0.864. The van der Waals surface area contributed by atoms with Crippen molar-refractivity contribution in [3.63, 3.8) is 0 Å². The molecule has 0 atom stereocenters. The lowest BCUT2D eigenvalue weighted by molar-refractivity contribution is -0.116. The molecule has 3 aromatic rings. The number of amides is 1. The van der Waals surface area contributed by atoms with Crippen molar-refractivity contribution >= 4 is 33.5 Å². The van der Waals surface area contributed by atoms with E-state index in [9.17, 15) is 9.59 Å². The first-order chi connectivity index (χ1) is 14.6. The number of nitrogens with one attached hydrogen (secondary N) is 1. The van der Waals surface area contributed by atoms with E-state index in [1.165, 1.54) is 26.4 Å². The number of hydrogen-bond acceptors (Lipinski definition) is 6. The van der Waals surface area contributed by atoms with Crippen LogP contribution in [0.3, 0.4) is 0 Å². The smallest absolute Gasteiger partial charge is 0.225 e. The number of rotatable bonds is 6. The molecule has 0 aliphatic carbocycles. The molecule has 1 amide bonds. The SMILES string of the molecule is COc1cc(OC)c2c(=O)c3cc(NC(=O)CCN4CCCCC4)ccc3oc2c1. The number of carbonyl (C=O) groups excluding carboxylic acids is 1. The van der Waals surface area contributed by atoms with Gasteiger partial charge in [0, 0.05) is 30.8 Å². The molecule has 1 aromatic heterocycles. The molecule has 7 nitrogen and oxygen atoms in total. The minimum atomic E-state index is -0.213. The van der Waals surface area contributed by atoms with E-state index in [1.807, 2.05) is 0 Å². The Morgan fingerprint density at radius 3 is 2.60 bits per heavy atom. The first-order valence-corrected chi connectivity index (χ1v) is 10.2. The standard InChI is InChI=1S/C23H26N2O5/c1-28-16-13-19(29-2)22-20(14-16)30-18-7-6-15(12-17(18)23(22)27)24-21(26)8-11-25-9-4-3-5-10-25/h6-7,12-14H,3-5,8-11H2,1-2H3,(H,24,26). The van der Waals surface area contributed by atoms with Crippen LogP contribution in [-0.4, -0.2) is 44.7 Å². The van der Waals surface area contributed by atoms with Crippen molar-refractivity contribution in [3.05, 3.63) is 40.6 Å².